The van der Waals surface area contributed by atoms with Crippen molar-refractivity contribution in [3.8, 4) is 5.69 Å². The summed E-state index contributed by atoms with van der Waals surface area (Å²) < 4.78 is 1.97. The first-order chi connectivity index (χ1) is 12.8. The van der Waals surface area contributed by atoms with Gasteiger partial charge in [0.1, 0.15) is 0 Å². The summed E-state index contributed by atoms with van der Waals surface area (Å²) in [5, 5.41) is 8.12. The van der Waals surface area contributed by atoms with E-state index >= 15 is 0 Å². The molecule has 26 heavy (non-hydrogen) atoms. The van der Waals surface area contributed by atoms with Crippen molar-refractivity contribution in [2.45, 2.75) is 32.4 Å². The van der Waals surface area contributed by atoms with E-state index in [9.17, 15) is 0 Å². The molecule has 0 amide bonds. The molecular weight excluding hydrogens is 320 g/mol. The monoisotopic (exact) mass is 346 g/mol. The minimum absolute atomic E-state index is 0.504. The van der Waals surface area contributed by atoms with Crippen LogP contribution in [0.1, 0.15) is 24.0 Å². The molecule has 3 aromatic rings. The molecule has 0 radical (unpaired) electrons. The molecule has 4 rings (SSSR count). The average molecular weight is 346 g/mol. The summed E-state index contributed by atoms with van der Waals surface area (Å²) in [7, 11) is 0. The number of aromatic nitrogens is 2. The van der Waals surface area contributed by atoms with Crippen LogP contribution in [0.25, 0.3) is 5.69 Å². The van der Waals surface area contributed by atoms with Crippen LogP contribution in [0, 0.1) is 6.92 Å². The molecule has 1 fully saturated rings. The van der Waals surface area contributed by atoms with E-state index in [-0.39, 0.29) is 0 Å². The Balaban J connectivity index is 1.48. The molecule has 1 N–H and O–H groups in total. The maximum Gasteiger partial charge on any atom is 0.0690 e. The number of benzene rings is 2. The van der Waals surface area contributed by atoms with Crippen molar-refractivity contribution in [2.75, 3.05) is 18.4 Å². The van der Waals surface area contributed by atoms with E-state index in [1.807, 2.05) is 23.1 Å². The Morgan fingerprint density at radius 2 is 2.00 bits per heavy atom. The van der Waals surface area contributed by atoms with E-state index in [4.69, 9.17) is 0 Å². The Labute approximate surface area is 155 Å². The number of nitrogens with zero attached hydrogens (tertiary/aromatic N) is 3. The first-order valence-corrected chi connectivity index (χ1v) is 9.41. The van der Waals surface area contributed by atoms with Crippen molar-refractivity contribution in [3.63, 3.8) is 0 Å². The van der Waals surface area contributed by atoms with E-state index in [0.29, 0.717) is 6.04 Å². The quantitative estimate of drug-likeness (QED) is 0.749. The lowest BCUT2D eigenvalue weighted by Gasteiger charge is -2.34. The maximum atomic E-state index is 4.43. The Hall–Kier alpha value is -2.59. The van der Waals surface area contributed by atoms with Crippen molar-refractivity contribution in [3.05, 3.63) is 78.1 Å². The third-order valence-corrected chi connectivity index (χ3v) is 5.03. The zero-order valence-corrected chi connectivity index (χ0v) is 15.3. The molecule has 1 atom stereocenters. The van der Waals surface area contributed by atoms with Crippen LogP contribution in [0.2, 0.25) is 0 Å². The molecule has 0 bridgehead atoms. The number of piperidine rings is 1. The molecule has 2 heterocycles. The molecule has 4 heteroatoms. The molecule has 4 nitrogen and oxygen atoms in total. The lowest BCUT2D eigenvalue weighted by molar-refractivity contribution is 0.208. The SMILES string of the molecule is Cc1ccc(-n2cccn2)c(CN2CCC[C@@H](Nc3ccccc3)C2)c1. The van der Waals surface area contributed by atoms with Gasteiger partial charge in [-0.05, 0) is 56.1 Å². The summed E-state index contributed by atoms with van der Waals surface area (Å²) in [6.07, 6.45) is 6.31. The van der Waals surface area contributed by atoms with Crippen LogP contribution >= 0.6 is 0 Å². The summed E-state index contributed by atoms with van der Waals surface area (Å²) in [6.45, 7) is 5.34. The molecule has 0 spiro atoms. The number of hydrogen-bond acceptors (Lipinski definition) is 3. The Morgan fingerprint density at radius 1 is 1.12 bits per heavy atom. The predicted molar refractivity (Wildman–Crippen MR) is 107 cm³/mol. The van der Waals surface area contributed by atoms with Crippen LogP contribution in [0.15, 0.2) is 67.0 Å². The number of hydrogen-bond donors (Lipinski definition) is 1. The molecule has 1 aromatic heterocycles. The van der Waals surface area contributed by atoms with Gasteiger partial charge in [0.05, 0.1) is 5.69 Å². The van der Waals surface area contributed by atoms with Gasteiger partial charge in [-0.3, -0.25) is 4.90 Å². The minimum Gasteiger partial charge on any atom is -0.381 e. The normalized spacial score (nSPS) is 18.0. The maximum absolute atomic E-state index is 4.43. The van der Waals surface area contributed by atoms with Crippen LogP contribution in [-0.2, 0) is 6.54 Å². The molecule has 0 unspecified atom stereocenters. The average Bonchev–Trinajstić information content (AvgIpc) is 3.17. The largest absolute Gasteiger partial charge is 0.381 e. The Bertz CT molecular complexity index is 827. The Morgan fingerprint density at radius 3 is 2.81 bits per heavy atom. The van der Waals surface area contributed by atoms with Crippen LogP contribution in [0.4, 0.5) is 5.69 Å². The molecule has 0 aliphatic carbocycles. The standard InChI is InChI=1S/C22H26N4/c1-18-10-11-22(26-14-6-12-23-26)19(15-18)16-25-13-5-9-21(17-25)24-20-7-3-2-4-8-20/h2-4,6-8,10-12,14-15,21,24H,5,9,13,16-17H2,1H3/t21-/m1/s1. The van der Waals surface area contributed by atoms with Gasteiger partial charge >= 0.3 is 0 Å². The van der Waals surface area contributed by atoms with Gasteiger partial charge in [-0.15, -0.1) is 0 Å². The van der Waals surface area contributed by atoms with Crippen LogP contribution in [-0.4, -0.2) is 33.8 Å². The second-order valence-electron chi connectivity index (χ2n) is 7.17. The highest BCUT2D eigenvalue weighted by atomic mass is 15.3. The highest BCUT2D eigenvalue weighted by Gasteiger charge is 2.21. The number of nitrogens with one attached hydrogen (secondary N) is 1. The van der Waals surface area contributed by atoms with Gasteiger partial charge in [-0.1, -0.05) is 35.9 Å². The fourth-order valence-electron chi connectivity index (χ4n) is 3.80. The van der Waals surface area contributed by atoms with E-state index < -0.39 is 0 Å². The lowest BCUT2D eigenvalue weighted by atomic mass is 10.0. The van der Waals surface area contributed by atoms with Crippen LogP contribution in [0.5, 0.6) is 0 Å². The molecule has 0 saturated carbocycles. The zero-order chi connectivity index (χ0) is 17.8. The first-order valence-electron chi connectivity index (χ1n) is 9.41. The number of likely N-dealkylation sites (tertiary alicyclic amines) is 1. The van der Waals surface area contributed by atoms with Crippen molar-refractivity contribution < 1.29 is 0 Å². The third kappa shape index (κ3) is 3.97. The summed E-state index contributed by atoms with van der Waals surface area (Å²) in [5.74, 6) is 0. The number of para-hydroxylation sites is 1. The molecule has 2 aromatic carbocycles. The lowest BCUT2D eigenvalue weighted by Crippen LogP contribution is -2.41. The molecule has 134 valence electrons. The van der Waals surface area contributed by atoms with Gasteiger partial charge in [-0.2, -0.15) is 5.10 Å². The fraction of sp³-hybridized carbons (Fsp3) is 0.318. The summed E-state index contributed by atoms with van der Waals surface area (Å²) in [5.41, 5.74) is 5.03. The number of anilines is 1. The molecule has 1 saturated heterocycles. The topological polar surface area (TPSA) is 33.1 Å². The third-order valence-electron chi connectivity index (χ3n) is 5.03. The highest BCUT2D eigenvalue weighted by Crippen LogP contribution is 2.22. The predicted octanol–water partition coefficient (Wildman–Crippen LogP) is 4.26. The van der Waals surface area contributed by atoms with Crippen molar-refractivity contribution >= 4 is 5.69 Å². The minimum atomic E-state index is 0.504. The molecule has 1 aliphatic rings. The van der Waals surface area contributed by atoms with E-state index in [2.05, 4.69) is 70.8 Å². The van der Waals surface area contributed by atoms with Crippen molar-refractivity contribution in [2.24, 2.45) is 0 Å². The van der Waals surface area contributed by atoms with Gasteiger partial charge in [0, 0.05) is 37.2 Å². The second kappa shape index (κ2) is 7.75. The van der Waals surface area contributed by atoms with Gasteiger partial charge in [0.25, 0.3) is 0 Å². The van der Waals surface area contributed by atoms with E-state index in [1.165, 1.54) is 35.3 Å². The van der Waals surface area contributed by atoms with Gasteiger partial charge < -0.3 is 5.32 Å². The first kappa shape index (κ1) is 16.9. The van der Waals surface area contributed by atoms with Crippen LogP contribution < -0.4 is 5.32 Å². The molecular formula is C22H26N4. The van der Waals surface area contributed by atoms with Crippen LogP contribution in [0.3, 0.4) is 0 Å². The second-order valence-corrected chi connectivity index (χ2v) is 7.17. The van der Waals surface area contributed by atoms with Gasteiger partial charge in [0.2, 0.25) is 0 Å². The van der Waals surface area contributed by atoms with Gasteiger partial charge in [-0.25, -0.2) is 4.68 Å². The summed E-state index contributed by atoms with van der Waals surface area (Å²) in [6, 6.07) is 19.7. The van der Waals surface area contributed by atoms with E-state index in [1.54, 1.807) is 0 Å². The van der Waals surface area contributed by atoms with E-state index in [0.717, 1.165) is 19.6 Å². The van der Waals surface area contributed by atoms with Crippen molar-refractivity contribution in [1.82, 2.24) is 14.7 Å². The van der Waals surface area contributed by atoms with Gasteiger partial charge in [0.15, 0.2) is 0 Å². The van der Waals surface area contributed by atoms with Crippen molar-refractivity contribution in [1.29, 1.82) is 0 Å². The Kier molecular flexibility index (Phi) is 5.02. The zero-order valence-electron chi connectivity index (χ0n) is 15.3. The molecule has 1 aliphatic heterocycles. The fourth-order valence-corrected chi connectivity index (χ4v) is 3.80. The number of aryl methyl sites for hydroxylation is 1. The summed E-state index contributed by atoms with van der Waals surface area (Å²) >= 11 is 0. The highest BCUT2D eigenvalue weighted by molar-refractivity contribution is 5.44. The summed E-state index contributed by atoms with van der Waals surface area (Å²) in [4.78, 5) is 2.56. The number of rotatable bonds is 5. The smallest absolute Gasteiger partial charge is 0.0690 e.